The van der Waals surface area contributed by atoms with E-state index in [1.54, 1.807) is 24.6 Å². The number of halogens is 1. The van der Waals surface area contributed by atoms with Gasteiger partial charge in [-0.2, -0.15) is 5.10 Å². The van der Waals surface area contributed by atoms with Crippen molar-refractivity contribution in [3.05, 3.63) is 32.1 Å². The van der Waals surface area contributed by atoms with Crippen LogP contribution in [-0.2, 0) is 7.05 Å². The molecule has 1 fully saturated rings. The zero-order valence-corrected chi connectivity index (χ0v) is 14.3. The molecule has 0 aliphatic carbocycles. The van der Waals surface area contributed by atoms with Gasteiger partial charge in [-0.15, -0.1) is 11.3 Å². The standard InChI is InChI=1S/C13H16BrN5OS/c1-9-8-21-13(16-9)19-5-3-18(4-6-19)10-7-15-17(2)12(20)11(10)14/h7-8H,3-6H2,1-2H3. The molecule has 2 aromatic heterocycles. The van der Waals surface area contributed by atoms with Crippen molar-refractivity contribution in [2.75, 3.05) is 36.0 Å². The van der Waals surface area contributed by atoms with Crippen LogP contribution in [0.3, 0.4) is 0 Å². The van der Waals surface area contributed by atoms with Crippen LogP contribution in [0.2, 0.25) is 0 Å². The van der Waals surface area contributed by atoms with E-state index in [0.29, 0.717) is 4.47 Å². The smallest absolute Gasteiger partial charge is 0.282 e. The van der Waals surface area contributed by atoms with Gasteiger partial charge in [-0.05, 0) is 22.9 Å². The van der Waals surface area contributed by atoms with Crippen molar-refractivity contribution in [1.29, 1.82) is 0 Å². The van der Waals surface area contributed by atoms with Crippen molar-refractivity contribution < 1.29 is 0 Å². The maximum Gasteiger partial charge on any atom is 0.282 e. The predicted molar refractivity (Wildman–Crippen MR) is 88.5 cm³/mol. The number of hydrogen-bond donors (Lipinski definition) is 0. The van der Waals surface area contributed by atoms with Gasteiger partial charge < -0.3 is 9.80 Å². The molecule has 0 radical (unpaired) electrons. The third-order valence-electron chi connectivity index (χ3n) is 3.56. The lowest BCUT2D eigenvalue weighted by molar-refractivity contribution is 0.639. The molecule has 0 amide bonds. The minimum absolute atomic E-state index is 0.106. The van der Waals surface area contributed by atoms with Gasteiger partial charge in [0.2, 0.25) is 0 Å². The van der Waals surface area contributed by atoms with Gasteiger partial charge in [0.15, 0.2) is 5.13 Å². The lowest BCUT2D eigenvalue weighted by atomic mass is 10.3. The van der Waals surface area contributed by atoms with E-state index in [9.17, 15) is 4.79 Å². The number of anilines is 2. The second kappa shape index (κ2) is 5.76. The summed E-state index contributed by atoms with van der Waals surface area (Å²) in [6.45, 7) is 5.51. The number of rotatable bonds is 2. The number of nitrogens with zero attached hydrogens (tertiary/aromatic N) is 5. The summed E-state index contributed by atoms with van der Waals surface area (Å²) in [5.74, 6) is 0. The first-order valence-electron chi connectivity index (χ1n) is 6.70. The van der Waals surface area contributed by atoms with Crippen LogP contribution in [0.1, 0.15) is 5.69 Å². The van der Waals surface area contributed by atoms with Crippen LogP contribution in [0.5, 0.6) is 0 Å². The minimum atomic E-state index is -0.106. The summed E-state index contributed by atoms with van der Waals surface area (Å²) in [5, 5.41) is 7.25. The Hall–Kier alpha value is -1.41. The summed E-state index contributed by atoms with van der Waals surface area (Å²) < 4.78 is 1.92. The highest BCUT2D eigenvalue weighted by molar-refractivity contribution is 9.10. The van der Waals surface area contributed by atoms with Crippen LogP contribution in [0.15, 0.2) is 20.8 Å². The molecule has 0 N–H and O–H groups in total. The molecule has 0 aromatic carbocycles. The number of aromatic nitrogens is 3. The highest BCUT2D eigenvalue weighted by Crippen LogP contribution is 2.25. The first kappa shape index (κ1) is 14.5. The van der Waals surface area contributed by atoms with E-state index in [2.05, 4.69) is 41.2 Å². The zero-order chi connectivity index (χ0) is 15.0. The molecule has 112 valence electrons. The Morgan fingerprint density at radius 2 is 1.90 bits per heavy atom. The van der Waals surface area contributed by atoms with Crippen LogP contribution in [0, 0.1) is 6.92 Å². The fourth-order valence-electron chi connectivity index (χ4n) is 2.35. The molecule has 6 nitrogen and oxygen atoms in total. The molecule has 0 bridgehead atoms. The molecule has 1 saturated heterocycles. The largest absolute Gasteiger partial charge is 0.366 e. The molecule has 2 aromatic rings. The SMILES string of the molecule is Cc1csc(N2CCN(c3cnn(C)c(=O)c3Br)CC2)n1. The zero-order valence-electron chi connectivity index (χ0n) is 11.9. The molecular weight excluding hydrogens is 354 g/mol. The van der Waals surface area contributed by atoms with E-state index in [1.165, 1.54) is 4.68 Å². The van der Waals surface area contributed by atoms with Crippen LogP contribution < -0.4 is 15.4 Å². The fourth-order valence-corrected chi connectivity index (χ4v) is 3.81. The molecule has 21 heavy (non-hydrogen) atoms. The monoisotopic (exact) mass is 369 g/mol. The molecule has 3 rings (SSSR count). The van der Waals surface area contributed by atoms with Crippen molar-refractivity contribution in [2.45, 2.75) is 6.92 Å². The summed E-state index contributed by atoms with van der Waals surface area (Å²) in [5.41, 5.74) is 1.83. The molecule has 3 heterocycles. The van der Waals surface area contributed by atoms with E-state index in [4.69, 9.17) is 0 Å². The number of hydrogen-bond acceptors (Lipinski definition) is 6. The quantitative estimate of drug-likeness (QED) is 0.805. The topological polar surface area (TPSA) is 54.3 Å². The molecule has 8 heteroatoms. The average molecular weight is 370 g/mol. The van der Waals surface area contributed by atoms with E-state index in [-0.39, 0.29) is 5.56 Å². The van der Waals surface area contributed by atoms with Crippen LogP contribution >= 0.6 is 27.3 Å². The fraction of sp³-hybridized carbons (Fsp3) is 0.462. The highest BCUT2D eigenvalue weighted by Gasteiger charge is 2.22. The second-order valence-corrected chi connectivity index (χ2v) is 6.65. The Kier molecular flexibility index (Phi) is 3.99. The van der Waals surface area contributed by atoms with Gasteiger partial charge in [0.05, 0.1) is 17.6 Å². The third-order valence-corrected chi connectivity index (χ3v) is 5.32. The summed E-state index contributed by atoms with van der Waals surface area (Å²) in [6, 6.07) is 0. The van der Waals surface area contributed by atoms with Crippen molar-refractivity contribution in [3.8, 4) is 0 Å². The molecule has 1 aliphatic heterocycles. The molecule has 0 spiro atoms. The Balaban J connectivity index is 1.74. The van der Waals surface area contributed by atoms with E-state index in [0.717, 1.165) is 42.7 Å². The Morgan fingerprint density at radius 3 is 2.52 bits per heavy atom. The molecular formula is C13H16BrN5OS. The normalized spacial score (nSPS) is 15.6. The third kappa shape index (κ3) is 2.82. The summed E-state index contributed by atoms with van der Waals surface area (Å²) in [4.78, 5) is 20.9. The summed E-state index contributed by atoms with van der Waals surface area (Å²) in [7, 11) is 1.65. The second-order valence-electron chi connectivity index (χ2n) is 5.02. The lowest BCUT2D eigenvalue weighted by Crippen LogP contribution is -2.47. The predicted octanol–water partition coefficient (Wildman–Crippen LogP) is 1.63. The van der Waals surface area contributed by atoms with E-state index in [1.807, 2.05) is 6.92 Å². The maximum absolute atomic E-state index is 11.9. The van der Waals surface area contributed by atoms with Crippen LogP contribution in [0.25, 0.3) is 0 Å². The van der Waals surface area contributed by atoms with Gasteiger partial charge in [0, 0.05) is 38.6 Å². The van der Waals surface area contributed by atoms with E-state index < -0.39 is 0 Å². The Labute approximate surface area is 135 Å². The maximum atomic E-state index is 11.9. The minimum Gasteiger partial charge on any atom is -0.366 e. The number of aryl methyl sites for hydroxylation is 2. The Bertz CT molecular complexity index is 705. The van der Waals surface area contributed by atoms with Gasteiger partial charge >= 0.3 is 0 Å². The molecule has 0 atom stereocenters. The van der Waals surface area contributed by atoms with Gasteiger partial charge in [0.25, 0.3) is 5.56 Å². The number of piperazine rings is 1. The highest BCUT2D eigenvalue weighted by atomic mass is 79.9. The van der Waals surface area contributed by atoms with Gasteiger partial charge in [-0.3, -0.25) is 4.79 Å². The average Bonchev–Trinajstić information content (AvgIpc) is 2.92. The van der Waals surface area contributed by atoms with Crippen LogP contribution in [0.4, 0.5) is 10.8 Å². The van der Waals surface area contributed by atoms with Gasteiger partial charge in [0.1, 0.15) is 4.47 Å². The van der Waals surface area contributed by atoms with Gasteiger partial charge in [-0.1, -0.05) is 0 Å². The molecule has 0 saturated carbocycles. The van der Waals surface area contributed by atoms with Crippen molar-refractivity contribution in [3.63, 3.8) is 0 Å². The first-order chi connectivity index (χ1) is 10.1. The molecule has 0 unspecified atom stereocenters. The number of thiazole rings is 1. The van der Waals surface area contributed by atoms with Crippen molar-refractivity contribution in [2.24, 2.45) is 7.05 Å². The summed E-state index contributed by atoms with van der Waals surface area (Å²) in [6.07, 6.45) is 1.74. The van der Waals surface area contributed by atoms with E-state index >= 15 is 0 Å². The van der Waals surface area contributed by atoms with Crippen molar-refractivity contribution in [1.82, 2.24) is 14.8 Å². The molecule has 1 aliphatic rings. The van der Waals surface area contributed by atoms with Crippen LogP contribution in [-0.4, -0.2) is 40.9 Å². The Morgan fingerprint density at radius 1 is 1.24 bits per heavy atom. The lowest BCUT2D eigenvalue weighted by Gasteiger charge is -2.36. The van der Waals surface area contributed by atoms with Gasteiger partial charge in [-0.25, -0.2) is 9.67 Å². The first-order valence-corrected chi connectivity index (χ1v) is 8.37. The van der Waals surface area contributed by atoms with Crippen molar-refractivity contribution >= 4 is 38.1 Å². The summed E-state index contributed by atoms with van der Waals surface area (Å²) >= 11 is 5.07.